The van der Waals surface area contributed by atoms with Crippen LogP contribution < -0.4 is 0 Å². The minimum atomic E-state index is -0.249. The number of Topliss-reactive ketones (excluding diaryl/α,β-unsaturated/α-hetero) is 1. The lowest BCUT2D eigenvalue weighted by atomic mass is 10.1. The van der Waals surface area contributed by atoms with Crippen molar-refractivity contribution < 1.29 is 9.90 Å². The van der Waals surface area contributed by atoms with Gasteiger partial charge in [-0.3, -0.25) is 4.79 Å². The van der Waals surface area contributed by atoms with Gasteiger partial charge >= 0.3 is 0 Å². The van der Waals surface area contributed by atoms with Crippen LogP contribution in [0.15, 0.2) is 54.2 Å². The van der Waals surface area contributed by atoms with E-state index in [0.29, 0.717) is 5.65 Å². The quantitative estimate of drug-likeness (QED) is 0.574. The molecule has 0 spiro atoms. The fourth-order valence-corrected chi connectivity index (χ4v) is 3.52. The Morgan fingerprint density at radius 3 is 2.71 bits per heavy atom. The molecule has 3 aromatic heterocycles. The van der Waals surface area contributed by atoms with Crippen LogP contribution in [0.5, 0.6) is 5.88 Å². The number of nitrogens with zero attached hydrogens (tertiary/aromatic N) is 3. The van der Waals surface area contributed by atoms with Crippen LogP contribution >= 0.6 is 11.3 Å². The van der Waals surface area contributed by atoms with Crippen molar-refractivity contribution in [1.29, 1.82) is 0 Å². The smallest absolute Gasteiger partial charge is 0.226 e. The van der Waals surface area contributed by atoms with E-state index in [0.717, 1.165) is 21.6 Å². The molecule has 0 bridgehead atoms. The van der Waals surface area contributed by atoms with Crippen molar-refractivity contribution in [2.75, 3.05) is 0 Å². The van der Waals surface area contributed by atoms with Crippen molar-refractivity contribution in [3.05, 3.63) is 59.7 Å². The van der Waals surface area contributed by atoms with Crippen LogP contribution in [-0.2, 0) is 0 Å². The molecule has 4 aromatic rings. The van der Waals surface area contributed by atoms with Crippen LogP contribution in [0.2, 0.25) is 0 Å². The number of carbonyl (C=O) groups is 1. The molecule has 0 amide bonds. The first kappa shape index (κ1) is 14.6. The molecule has 0 aliphatic rings. The third kappa shape index (κ3) is 2.28. The molecular weight excluding hydrogens is 322 g/mol. The van der Waals surface area contributed by atoms with Crippen molar-refractivity contribution in [3.8, 4) is 27.4 Å². The summed E-state index contributed by atoms with van der Waals surface area (Å²) < 4.78 is 1.30. The number of aromatic nitrogens is 3. The van der Waals surface area contributed by atoms with Gasteiger partial charge < -0.3 is 5.11 Å². The molecule has 5 nitrogen and oxygen atoms in total. The minimum absolute atomic E-state index is 0.160. The van der Waals surface area contributed by atoms with Crippen LogP contribution in [0.3, 0.4) is 0 Å². The predicted octanol–water partition coefficient (Wildman–Crippen LogP) is 4.03. The Morgan fingerprint density at radius 1 is 1.17 bits per heavy atom. The third-order valence-corrected chi connectivity index (χ3v) is 4.82. The van der Waals surface area contributed by atoms with Gasteiger partial charge in [0.1, 0.15) is 0 Å². The highest BCUT2D eigenvalue weighted by Crippen LogP contribution is 2.35. The van der Waals surface area contributed by atoms with E-state index in [1.165, 1.54) is 17.6 Å². The summed E-state index contributed by atoms with van der Waals surface area (Å²) in [5.41, 5.74) is 3.78. The van der Waals surface area contributed by atoms with Gasteiger partial charge in [0, 0.05) is 11.1 Å². The first-order valence-electron chi connectivity index (χ1n) is 7.36. The molecule has 4 rings (SSSR count). The van der Waals surface area contributed by atoms with E-state index in [-0.39, 0.29) is 17.2 Å². The summed E-state index contributed by atoms with van der Waals surface area (Å²) in [7, 11) is 0. The van der Waals surface area contributed by atoms with Crippen molar-refractivity contribution in [1.82, 2.24) is 14.6 Å². The maximum atomic E-state index is 11.5. The van der Waals surface area contributed by atoms with Gasteiger partial charge in [0.2, 0.25) is 5.88 Å². The molecule has 6 heteroatoms. The topological polar surface area (TPSA) is 67.5 Å². The molecule has 118 valence electrons. The molecule has 0 saturated heterocycles. The Hall–Kier alpha value is -2.99. The maximum Gasteiger partial charge on any atom is 0.226 e. The van der Waals surface area contributed by atoms with E-state index in [1.807, 2.05) is 18.2 Å². The number of hydrogen-bond acceptors (Lipinski definition) is 5. The van der Waals surface area contributed by atoms with Gasteiger partial charge in [-0.05, 0) is 29.5 Å². The first-order valence-corrected chi connectivity index (χ1v) is 8.24. The maximum absolute atomic E-state index is 11.5. The summed E-state index contributed by atoms with van der Waals surface area (Å²) in [5.74, 6) is -0.431. The van der Waals surface area contributed by atoms with E-state index in [1.54, 1.807) is 17.5 Å². The van der Waals surface area contributed by atoms with E-state index in [2.05, 4.69) is 33.7 Å². The summed E-state index contributed by atoms with van der Waals surface area (Å²) in [6, 6.07) is 12.2. The van der Waals surface area contributed by atoms with Gasteiger partial charge in [-0.2, -0.15) is 9.61 Å². The van der Waals surface area contributed by atoms with Gasteiger partial charge in [0.15, 0.2) is 11.4 Å². The van der Waals surface area contributed by atoms with E-state index in [4.69, 9.17) is 0 Å². The van der Waals surface area contributed by atoms with Gasteiger partial charge in [0.25, 0.3) is 0 Å². The van der Waals surface area contributed by atoms with Crippen LogP contribution in [0.4, 0.5) is 0 Å². The highest BCUT2D eigenvalue weighted by Gasteiger charge is 2.17. The molecule has 3 heterocycles. The molecule has 0 atom stereocenters. The van der Waals surface area contributed by atoms with Crippen LogP contribution in [0.1, 0.15) is 17.3 Å². The summed E-state index contributed by atoms with van der Waals surface area (Å²) >= 11 is 1.59. The van der Waals surface area contributed by atoms with Crippen molar-refractivity contribution >= 4 is 22.8 Å². The largest absolute Gasteiger partial charge is 0.493 e. The Kier molecular flexibility index (Phi) is 3.39. The van der Waals surface area contributed by atoms with E-state index >= 15 is 0 Å². The fraction of sp³-hybridized carbons (Fsp3) is 0.0556. The standard InChI is InChI=1S/C18H13N3O2S/c1-11(22)14-8-19-17-15(9-20-21(17)18(14)23)16-7-13(10-24-16)12-5-3-2-4-6-12/h2-10,23H,1H3. The number of thiophene rings is 1. The third-order valence-electron chi connectivity index (χ3n) is 3.85. The normalized spacial score (nSPS) is 11.0. The molecule has 1 aromatic carbocycles. The van der Waals surface area contributed by atoms with Crippen LogP contribution in [0, 0.1) is 0 Å². The van der Waals surface area contributed by atoms with Gasteiger partial charge in [0.05, 0.1) is 17.3 Å². The number of rotatable bonds is 3. The monoisotopic (exact) mass is 335 g/mol. The second-order valence-corrected chi connectivity index (χ2v) is 6.32. The van der Waals surface area contributed by atoms with Crippen molar-refractivity contribution in [3.63, 3.8) is 0 Å². The highest BCUT2D eigenvalue weighted by molar-refractivity contribution is 7.14. The number of hydrogen-bond donors (Lipinski definition) is 1. The van der Waals surface area contributed by atoms with Crippen LogP contribution in [0.25, 0.3) is 27.2 Å². The molecule has 0 radical (unpaired) electrons. The molecule has 0 aliphatic heterocycles. The number of carbonyl (C=O) groups excluding carboxylic acids is 1. The van der Waals surface area contributed by atoms with Gasteiger partial charge in [-0.25, -0.2) is 4.98 Å². The number of benzene rings is 1. The lowest BCUT2D eigenvalue weighted by Gasteiger charge is -2.02. The Bertz CT molecular complexity index is 1050. The minimum Gasteiger partial charge on any atom is -0.493 e. The molecule has 0 fully saturated rings. The Labute approximate surface area is 141 Å². The number of fused-ring (bicyclic) bond motifs is 1. The molecular formula is C18H13N3O2S. The summed E-state index contributed by atoms with van der Waals surface area (Å²) in [5, 5.41) is 16.5. The van der Waals surface area contributed by atoms with Gasteiger partial charge in [-0.1, -0.05) is 30.3 Å². The summed E-state index contributed by atoms with van der Waals surface area (Å²) in [4.78, 5) is 16.8. The number of aromatic hydroxyl groups is 1. The second kappa shape index (κ2) is 5.58. The zero-order chi connectivity index (χ0) is 16.7. The molecule has 24 heavy (non-hydrogen) atoms. The Balaban J connectivity index is 1.82. The molecule has 0 saturated carbocycles. The average molecular weight is 335 g/mol. The fourth-order valence-electron chi connectivity index (χ4n) is 2.60. The molecule has 0 unspecified atom stereocenters. The average Bonchev–Trinajstić information content (AvgIpc) is 3.22. The molecule has 1 N–H and O–H groups in total. The van der Waals surface area contributed by atoms with Gasteiger partial charge in [-0.15, -0.1) is 11.3 Å². The molecule has 0 aliphatic carbocycles. The SMILES string of the molecule is CC(=O)c1cnc2c(-c3cc(-c4ccccc4)cs3)cnn2c1O. The van der Waals surface area contributed by atoms with Crippen molar-refractivity contribution in [2.45, 2.75) is 6.92 Å². The summed E-state index contributed by atoms with van der Waals surface area (Å²) in [6.45, 7) is 1.39. The lowest BCUT2D eigenvalue weighted by molar-refractivity contribution is 0.101. The second-order valence-electron chi connectivity index (χ2n) is 5.41. The first-order chi connectivity index (χ1) is 11.6. The highest BCUT2D eigenvalue weighted by atomic mass is 32.1. The van der Waals surface area contributed by atoms with Crippen LogP contribution in [-0.4, -0.2) is 25.5 Å². The zero-order valence-electron chi connectivity index (χ0n) is 12.8. The van der Waals surface area contributed by atoms with E-state index < -0.39 is 0 Å². The van der Waals surface area contributed by atoms with E-state index in [9.17, 15) is 9.90 Å². The lowest BCUT2D eigenvalue weighted by Crippen LogP contribution is -2.00. The number of ketones is 1. The Morgan fingerprint density at radius 2 is 1.96 bits per heavy atom. The van der Waals surface area contributed by atoms with Crippen molar-refractivity contribution in [2.24, 2.45) is 0 Å². The summed E-state index contributed by atoms with van der Waals surface area (Å²) in [6.07, 6.45) is 3.05. The predicted molar refractivity (Wildman–Crippen MR) is 93.4 cm³/mol. The zero-order valence-corrected chi connectivity index (χ0v) is 13.6.